The standard InChI is InChI=1S/C11H16N4O/c1-2-15-9-13-14-11(15)5-6-12-8-10-4-3-7-16-10/h3-4,7,9,12H,2,5-6,8H2,1H3. The van der Waals surface area contributed by atoms with Crippen LogP contribution in [0, 0.1) is 0 Å². The van der Waals surface area contributed by atoms with Gasteiger partial charge in [-0.05, 0) is 19.1 Å². The van der Waals surface area contributed by atoms with Crippen molar-refractivity contribution in [2.45, 2.75) is 26.4 Å². The maximum absolute atomic E-state index is 5.22. The van der Waals surface area contributed by atoms with Crippen molar-refractivity contribution in [1.29, 1.82) is 0 Å². The van der Waals surface area contributed by atoms with Crippen molar-refractivity contribution in [2.24, 2.45) is 0 Å². The van der Waals surface area contributed by atoms with Gasteiger partial charge in [0.25, 0.3) is 0 Å². The minimum atomic E-state index is 0.757. The number of nitrogens with zero attached hydrogens (tertiary/aromatic N) is 3. The van der Waals surface area contributed by atoms with E-state index in [2.05, 4.69) is 27.0 Å². The summed E-state index contributed by atoms with van der Waals surface area (Å²) < 4.78 is 7.27. The van der Waals surface area contributed by atoms with Crippen LogP contribution in [0.4, 0.5) is 0 Å². The molecule has 0 aromatic carbocycles. The lowest BCUT2D eigenvalue weighted by Gasteiger charge is -2.03. The lowest BCUT2D eigenvalue weighted by Crippen LogP contribution is -2.18. The predicted octanol–water partition coefficient (Wildman–Crippen LogP) is 1.22. The Hall–Kier alpha value is -1.62. The molecule has 0 saturated carbocycles. The van der Waals surface area contributed by atoms with E-state index in [0.29, 0.717) is 0 Å². The summed E-state index contributed by atoms with van der Waals surface area (Å²) in [5.41, 5.74) is 0. The van der Waals surface area contributed by atoms with Gasteiger partial charge in [0.1, 0.15) is 17.9 Å². The molecule has 0 aliphatic heterocycles. The van der Waals surface area contributed by atoms with Crippen LogP contribution in [-0.4, -0.2) is 21.3 Å². The minimum absolute atomic E-state index is 0.757. The summed E-state index contributed by atoms with van der Waals surface area (Å²) in [5, 5.41) is 11.3. The van der Waals surface area contributed by atoms with Crippen molar-refractivity contribution < 1.29 is 4.42 Å². The van der Waals surface area contributed by atoms with E-state index in [1.54, 1.807) is 12.6 Å². The van der Waals surface area contributed by atoms with Crippen LogP contribution in [0.2, 0.25) is 0 Å². The summed E-state index contributed by atoms with van der Waals surface area (Å²) >= 11 is 0. The number of aryl methyl sites for hydroxylation is 1. The molecule has 0 unspecified atom stereocenters. The Bertz CT molecular complexity index is 407. The molecular formula is C11H16N4O. The van der Waals surface area contributed by atoms with Gasteiger partial charge in [0.05, 0.1) is 12.8 Å². The van der Waals surface area contributed by atoms with Crippen LogP contribution in [0.15, 0.2) is 29.1 Å². The molecule has 0 atom stereocenters. The van der Waals surface area contributed by atoms with E-state index in [1.165, 1.54) is 0 Å². The fourth-order valence-electron chi connectivity index (χ4n) is 1.56. The van der Waals surface area contributed by atoms with E-state index >= 15 is 0 Å². The molecule has 0 bridgehead atoms. The van der Waals surface area contributed by atoms with E-state index < -0.39 is 0 Å². The van der Waals surface area contributed by atoms with Gasteiger partial charge < -0.3 is 14.3 Å². The zero-order chi connectivity index (χ0) is 11.2. The van der Waals surface area contributed by atoms with E-state index in [0.717, 1.165) is 37.6 Å². The van der Waals surface area contributed by atoms with Gasteiger partial charge in [-0.25, -0.2) is 0 Å². The van der Waals surface area contributed by atoms with Crippen LogP contribution < -0.4 is 5.32 Å². The molecule has 5 nitrogen and oxygen atoms in total. The number of nitrogens with one attached hydrogen (secondary N) is 1. The van der Waals surface area contributed by atoms with Crippen LogP contribution in [-0.2, 0) is 19.5 Å². The van der Waals surface area contributed by atoms with Crippen molar-refractivity contribution in [3.63, 3.8) is 0 Å². The third-order valence-electron chi connectivity index (χ3n) is 2.44. The lowest BCUT2D eigenvalue weighted by atomic mass is 10.3. The van der Waals surface area contributed by atoms with Crippen molar-refractivity contribution in [3.8, 4) is 0 Å². The van der Waals surface area contributed by atoms with Gasteiger partial charge in [-0.3, -0.25) is 0 Å². The Kier molecular flexibility index (Phi) is 3.71. The largest absolute Gasteiger partial charge is 0.468 e. The minimum Gasteiger partial charge on any atom is -0.468 e. The van der Waals surface area contributed by atoms with Crippen molar-refractivity contribution in [2.75, 3.05) is 6.54 Å². The zero-order valence-corrected chi connectivity index (χ0v) is 9.39. The third kappa shape index (κ3) is 2.70. The molecule has 2 aromatic rings. The molecule has 2 aromatic heterocycles. The second-order valence-corrected chi connectivity index (χ2v) is 3.54. The summed E-state index contributed by atoms with van der Waals surface area (Å²) in [6, 6.07) is 3.85. The summed E-state index contributed by atoms with van der Waals surface area (Å²) in [6.45, 7) is 4.64. The Morgan fingerprint density at radius 1 is 1.50 bits per heavy atom. The van der Waals surface area contributed by atoms with E-state index in [1.807, 2.05) is 12.1 Å². The number of furan rings is 1. The topological polar surface area (TPSA) is 55.9 Å². The van der Waals surface area contributed by atoms with E-state index in [9.17, 15) is 0 Å². The van der Waals surface area contributed by atoms with Crippen molar-refractivity contribution >= 4 is 0 Å². The van der Waals surface area contributed by atoms with Gasteiger partial charge in [-0.1, -0.05) is 0 Å². The Morgan fingerprint density at radius 3 is 3.19 bits per heavy atom. The Balaban J connectivity index is 1.72. The number of hydrogen-bond donors (Lipinski definition) is 1. The molecule has 0 radical (unpaired) electrons. The molecule has 86 valence electrons. The average molecular weight is 220 g/mol. The SMILES string of the molecule is CCn1cnnc1CCNCc1ccco1. The molecule has 0 aliphatic rings. The first-order valence-electron chi connectivity index (χ1n) is 5.50. The highest BCUT2D eigenvalue weighted by molar-refractivity contribution is 4.97. The van der Waals surface area contributed by atoms with Gasteiger partial charge >= 0.3 is 0 Å². The van der Waals surface area contributed by atoms with Gasteiger partial charge in [-0.2, -0.15) is 0 Å². The second-order valence-electron chi connectivity index (χ2n) is 3.54. The fraction of sp³-hybridized carbons (Fsp3) is 0.455. The monoisotopic (exact) mass is 220 g/mol. The third-order valence-corrected chi connectivity index (χ3v) is 2.44. The molecule has 16 heavy (non-hydrogen) atoms. The first-order chi connectivity index (χ1) is 7.90. The molecular weight excluding hydrogens is 204 g/mol. The number of rotatable bonds is 6. The van der Waals surface area contributed by atoms with Crippen molar-refractivity contribution in [1.82, 2.24) is 20.1 Å². The maximum atomic E-state index is 5.22. The summed E-state index contributed by atoms with van der Waals surface area (Å²) in [4.78, 5) is 0. The van der Waals surface area contributed by atoms with Gasteiger partial charge in [0.15, 0.2) is 0 Å². The van der Waals surface area contributed by atoms with E-state index in [4.69, 9.17) is 4.42 Å². The van der Waals surface area contributed by atoms with Gasteiger partial charge in [-0.15, -0.1) is 10.2 Å². The smallest absolute Gasteiger partial charge is 0.134 e. The fourth-order valence-corrected chi connectivity index (χ4v) is 1.56. The summed E-state index contributed by atoms with van der Waals surface area (Å²) in [5.74, 6) is 1.98. The molecule has 0 fully saturated rings. The van der Waals surface area contributed by atoms with Crippen molar-refractivity contribution in [3.05, 3.63) is 36.3 Å². The Labute approximate surface area is 94.5 Å². The first-order valence-corrected chi connectivity index (χ1v) is 5.50. The normalized spacial score (nSPS) is 10.8. The lowest BCUT2D eigenvalue weighted by molar-refractivity contribution is 0.482. The van der Waals surface area contributed by atoms with Crippen LogP contribution in [0.3, 0.4) is 0 Å². The molecule has 0 amide bonds. The highest BCUT2D eigenvalue weighted by atomic mass is 16.3. The molecule has 2 heterocycles. The first kappa shape index (κ1) is 10.9. The van der Waals surface area contributed by atoms with Crippen LogP contribution in [0.5, 0.6) is 0 Å². The zero-order valence-electron chi connectivity index (χ0n) is 9.39. The van der Waals surface area contributed by atoms with E-state index in [-0.39, 0.29) is 0 Å². The maximum Gasteiger partial charge on any atom is 0.134 e. The molecule has 5 heteroatoms. The van der Waals surface area contributed by atoms with Gasteiger partial charge in [0, 0.05) is 19.5 Å². The predicted molar refractivity (Wildman–Crippen MR) is 59.8 cm³/mol. The molecule has 2 rings (SSSR count). The van der Waals surface area contributed by atoms with Crippen LogP contribution in [0.25, 0.3) is 0 Å². The molecule has 0 aliphatic carbocycles. The average Bonchev–Trinajstić information content (AvgIpc) is 2.95. The summed E-state index contributed by atoms with van der Waals surface area (Å²) in [6.07, 6.45) is 4.33. The highest BCUT2D eigenvalue weighted by Crippen LogP contribution is 1.99. The Morgan fingerprint density at radius 2 is 2.44 bits per heavy atom. The molecule has 0 saturated heterocycles. The van der Waals surface area contributed by atoms with Gasteiger partial charge in [0.2, 0.25) is 0 Å². The second kappa shape index (κ2) is 5.46. The number of hydrogen-bond acceptors (Lipinski definition) is 4. The molecule has 0 spiro atoms. The number of aromatic nitrogens is 3. The van der Waals surface area contributed by atoms with Crippen LogP contribution >= 0.6 is 0 Å². The van der Waals surface area contributed by atoms with Crippen LogP contribution in [0.1, 0.15) is 18.5 Å². The highest BCUT2D eigenvalue weighted by Gasteiger charge is 2.01. The summed E-state index contributed by atoms with van der Waals surface area (Å²) in [7, 11) is 0. The quantitative estimate of drug-likeness (QED) is 0.744. The molecule has 1 N–H and O–H groups in total.